The minimum Gasteiger partial charge on any atom is -0.493 e. The van der Waals surface area contributed by atoms with E-state index in [1.165, 1.54) is 6.07 Å². The molecule has 1 fully saturated rings. The first kappa shape index (κ1) is 18.9. The van der Waals surface area contributed by atoms with E-state index < -0.39 is 5.41 Å². The molecule has 144 valence electrons. The molecule has 1 saturated carbocycles. The number of nitrogens with zero attached hydrogens (tertiary/aromatic N) is 1. The van der Waals surface area contributed by atoms with Gasteiger partial charge in [0.15, 0.2) is 11.5 Å². The van der Waals surface area contributed by atoms with E-state index >= 15 is 0 Å². The van der Waals surface area contributed by atoms with Crippen LogP contribution in [0, 0.1) is 6.92 Å². The van der Waals surface area contributed by atoms with Crippen molar-refractivity contribution in [3.8, 4) is 11.5 Å². The third-order valence-corrected chi connectivity index (χ3v) is 5.16. The maximum absolute atomic E-state index is 13.2. The summed E-state index contributed by atoms with van der Waals surface area (Å²) in [6.07, 6.45) is 3.51. The van der Waals surface area contributed by atoms with Gasteiger partial charge in [-0.1, -0.05) is 18.9 Å². The average Bonchev–Trinajstić information content (AvgIpc) is 3.16. The molecule has 1 heterocycles. The van der Waals surface area contributed by atoms with Crippen molar-refractivity contribution >= 4 is 5.91 Å². The zero-order chi connectivity index (χ0) is 19.4. The molecular weight excluding hydrogens is 346 g/mol. The summed E-state index contributed by atoms with van der Waals surface area (Å²) in [5, 5.41) is 2.96. The lowest BCUT2D eigenvalue weighted by atomic mass is 9.77. The van der Waals surface area contributed by atoms with Crippen molar-refractivity contribution in [2.24, 2.45) is 0 Å². The number of aryl methyl sites for hydroxylation is 1. The summed E-state index contributed by atoms with van der Waals surface area (Å²) in [4.78, 5) is 31.7. The minimum absolute atomic E-state index is 0.0589. The van der Waals surface area contributed by atoms with Gasteiger partial charge in [0.1, 0.15) is 5.82 Å². The Balaban J connectivity index is 1.85. The van der Waals surface area contributed by atoms with Crippen LogP contribution in [0.25, 0.3) is 0 Å². The summed E-state index contributed by atoms with van der Waals surface area (Å²) in [5.74, 6) is 1.64. The summed E-state index contributed by atoms with van der Waals surface area (Å²) in [6.45, 7) is 1.94. The first-order chi connectivity index (χ1) is 13.0. The van der Waals surface area contributed by atoms with E-state index in [1.807, 2.05) is 18.2 Å². The van der Waals surface area contributed by atoms with E-state index in [-0.39, 0.29) is 18.0 Å². The third kappa shape index (κ3) is 3.82. The number of amides is 1. The highest BCUT2D eigenvalue weighted by Crippen LogP contribution is 2.43. The molecule has 0 unspecified atom stereocenters. The fourth-order valence-electron chi connectivity index (χ4n) is 3.82. The number of benzene rings is 1. The monoisotopic (exact) mass is 371 g/mol. The number of carbonyl (C=O) groups is 1. The van der Waals surface area contributed by atoms with Gasteiger partial charge in [-0.2, -0.15) is 0 Å². The normalized spacial score (nSPS) is 15.4. The molecule has 2 aromatic rings. The Hall–Kier alpha value is -2.83. The summed E-state index contributed by atoms with van der Waals surface area (Å²) in [6, 6.07) is 7.07. The van der Waals surface area contributed by atoms with Crippen LogP contribution in [0.5, 0.6) is 11.5 Å². The smallest absolute Gasteiger partial charge is 0.251 e. The lowest BCUT2D eigenvalue weighted by molar-refractivity contribution is -0.126. The van der Waals surface area contributed by atoms with Crippen LogP contribution in [0.1, 0.15) is 42.8 Å². The van der Waals surface area contributed by atoms with Gasteiger partial charge in [-0.15, -0.1) is 0 Å². The van der Waals surface area contributed by atoms with Crippen molar-refractivity contribution in [3.05, 3.63) is 51.7 Å². The quantitative estimate of drug-likeness (QED) is 0.812. The zero-order valence-electron chi connectivity index (χ0n) is 15.9. The molecule has 1 amide bonds. The van der Waals surface area contributed by atoms with Gasteiger partial charge in [-0.3, -0.25) is 9.59 Å². The topological polar surface area (TPSA) is 93.3 Å². The molecule has 0 spiro atoms. The van der Waals surface area contributed by atoms with Gasteiger partial charge in [-0.05, 0) is 37.5 Å². The van der Waals surface area contributed by atoms with Crippen molar-refractivity contribution in [1.29, 1.82) is 0 Å². The second-order valence-corrected chi connectivity index (χ2v) is 6.88. The number of aromatic amines is 1. The predicted molar refractivity (Wildman–Crippen MR) is 101 cm³/mol. The number of ether oxygens (including phenoxy) is 2. The molecule has 1 aromatic carbocycles. The van der Waals surface area contributed by atoms with Gasteiger partial charge in [0.2, 0.25) is 5.91 Å². The van der Waals surface area contributed by atoms with E-state index in [0.29, 0.717) is 23.0 Å². The molecule has 0 saturated heterocycles. The largest absolute Gasteiger partial charge is 0.493 e. The highest BCUT2D eigenvalue weighted by atomic mass is 16.5. The van der Waals surface area contributed by atoms with Crippen LogP contribution in [-0.4, -0.2) is 30.1 Å². The Labute approximate surface area is 158 Å². The lowest BCUT2D eigenvalue weighted by Crippen LogP contribution is -2.42. The molecule has 27 heavy (non-hydrogen) atoms. The van der Waals surface area contributed by atoms with Crippen LogP contribution in [-0.2, 0) is 16.8 Å². The average molecular weight is 371 g/mol. The number of hydrogen-bond donors (Lipinski definition) is 2. The molecule has 7 nitrogen and oxygen atoms in total. The molecule has 7 heteroatoms. The molecule has 0 radical (unpaired) electrons. The van der Waals surface area contributed by atoms with Crippen molar-refractivity contribution in [2.75, 3.05) is 14.2 Å². The van der Waals surface area contributed by atoms with Gasteiger partial charge in [0.25, 0.3) is 5.56 Å². The lowest BCUT2D eigenvalue weighted by Gasteiger charge is -2.29. The second-order valence-electron chi connectivity index (χ2n) is 6.88. The van der Waals surface area contributed by atoms with Crippen molar-refractivity contribution in [2.45, 2.75) is 44.6 Å². The number of methoxy groups -OCH3 is 2. The minimum atomic E-state index is -0.607. The number of H-pyrrole nitrogens is 1. The van der Waals surface area contributed by atoms with E-state index in [1.54, 1.807) is 21.1 Å². The Morgan fingerprint density at radius 3 is 2.52 bits per heavy atom. The standard InChI is InChI=1S/C20H25N3O4/c1-13-10-18(24)23-17(22-13)12-21-19(25)20(8-4-5-9-20)14-6-7-15(26-2)16(11-14)27-3/h6-7,10-11H,4-5,8-9,12H2,1-3H3,(H,21,25)(H,22,23,24). The number of hydrogen-bond acceptors (Lipinski definition) is 5. The highest BCUT2D eigenvalue weighted by Gasteiger charge is 2.43. The van der Waals surface area contributed by atoms with E-state index in [0.717, 1.165) is 31.2 Å². The van der Waals surface area contributed by atoms with Crippen LogP contribution in [0.4, 0.5) is 0 Å². The molecule has 1 aromatic heterocycles. The molecule has 1 aliphatic rings. The second kappa shape index (κ2) is 7.82. The Morgan fingerprint density at radius 1 is 1.19 bits per heavy atom. The molecule has 0 aliphatic heterocycles. The fourth-order valence-corrected chi connectivity index (χ4v) is 3.82. The van der Waals surface area contributed by atoms with E-state index in [9.17, 15) is 9.59 Å². The number of rotatable bonds is 6. The molecule has 3 rings (SSSR count). The maximum atomic E-state index is 13.2. The zero-order valence-corrected chi connectivity index (χ0v) is 15.9. The van der Waals surface area contributed by atoms with Crippen molar-refractivity contribution < 1.29 is 14.3 Å². The summed E-state index contributed by atoms with van der Waals surface area (Å²) < 4.78 is 10.7. The van der Waals surface area contributed by atoms with Gasteiger partial charge in [-0.25, -0.2) is 4.98 Å². The van der Waals surface area contributed by atoms with Gasteiger partial charge in [0.05, 0.1) is 26.2 Å². The number of carbonyl (C=O) groups excluding carboxylic acids is 1. The Morgan fingerprint density at radius 2 is 1.89 bits per heavy atom. The highest BCUT2D eigenvalue weighted by molar-refractivity contribution is 5.88. The van der Waals surface area contributed by atoms with Crippen LogP contribution < -0.4 is 20.3 Å². The van der Waals surface area contributed by atoms with Crippen molar-refractivity contribution in [1.82, 2.24) is 15.3 Å². The molecular formula is C20H25N3O4. The SMILES string of the molecule is COc1ccc(C2(C(=O)NCc3nc(C)cc(=O)[nH]3)CCCC2)cc1OC. The summed E-state index contributed by atoms with van der Waals surface area (Å²) in [5.41, 5.74) is 0.713. The van der Waals surface area contributed by atoms with Crippen molar-refractivity contribution in [3.63, 3.8) is 0 Å². The predicted octanol–water partition coefficient (Wildman–Crippen LogP) is 2.22. The fraction of sp³-hybridized carbons (Fsp3) is 0.450. The number of nitrogens with one attached hydrogen (secondary N) is 2. The molecule has 1 aliphatic carbocycles. The maximum Gasteiger partial charge on any atom is 0.251 e. The summed E-state index contributed by atoms with van der Waals surface area (Å²) in [7, 11) is 3.17. The van der Waals surface area contributed by atoms with Crippen LogP contribution in [0.2, 0.25) is 0 Å². The Kier molecular flexibility index (Phi) is 5.48. The molecule has 0 bridgehead atoms. The van der Waals surface area contributed by atoms with Gasteiger partial charge < -0.3 is 19.8 Å². The Bertz CT molecular complexity index is 885. The van der Waals surface area contributed by atoms with Crippen LogP contribution in [0.3, 0.4) is 0 Å². The molecule has 2 N–H and O–H groups in total. The van der Waals surface area contributed by atoms with Crippen LogP contribution in [0.15, 0.2) is 29.1 Å². The first-order valence-corrected chi connectivity index (χ1v) is 9.06. The van der Waals surface area contributed by atoms with Crippen LogP contribution >= 0.6 is 0 Å². The van der Waals surface area contributed by atoms with E-state index in [2.05, 4.69) is 15.3 Å². The van der Waals surface area contributed by atoms with Gasteiger partial charge >= 0.3 is 0 Å². The molecule has 0 atom stereocenters. The van der Waals surface area contributed by atoms with Gasteiger partial charge in [0, 0.05) is 11.8 Å². The third-order valence-electron chi connectivity index (χ3n) is 5.16. The number of aromatic nitrogens is 2. The first-order valence-electron chi connectivity index (χ1n) is 9.06. The summed E-state index contributed by atoms with van der Waals surface area (Å²) >= 11 is 0. The van der Waals surface area contributed by atoms with E-state index in [4.69, 9.17) is 9.47 Å².